The minimum atomic E-state index is -0.355. The largest absolute Gasteiger partial charge is 0.497 e. The van der Waals surface area contributed by atoms with Gasteiger partial charge in [0.2, 0.25) is 5.95 Å². The summed E-state index contributed by atoms with van der Waals surface area (Å²) in [4.78, 5) is 18.1. The zero-order valence-electron chi connectivity index (χ0n) is 18.7. The van der Waals surface area contributed by atoms with E-state index in [0.717, 1.165) is 34.6 Å². The first kappa shape index (κ1) is 20.3. The molecule has 1 atom stereocenters. The molecule has 0 amide bonds. The van der Waals surface area contributed by atoms with Crippen LogP contribution in [0.25, 0.3) is 11.4 Å². The fourth-order valence-electron chi connectivity index (χ4n) is 4.65. The lowest BCUT2D eigenvalue weighted by atomic mass is 9.73. The number of ether oxygens (including phenoxy) is 2. The van der Waals surface area contributed by atoms with Crippen LogP contribution in [0.4, 0.5) is 5.95 Å². The van der Waals surface area contributed by atoms with Crippen molar-refractivity contribution in [3.8, 4) is 22.9 Å². The molecule has 3 aromatic rings. The van der Waals surface area contributed by atoms with Crippen LogP contribution in [-0.2, 0) is 4.79 Å². The van der Waals surface area contributed by atoms with E-state index in [-0.39, 0.29) is 17.2 Å². The summed E-state index contributed by atoms with van der Waals surface area (Å²) in [6, 6.07) is 15.1. The first-order chi connectivity index (χ1) is 15.4. The van der Waals surface area contributed by atoms with Crippen molar-refractivity contribution >= 4 is 11.7 Å². The van der Waals surface area contributed by atoms with E-state index in [4.69, 9.17) is 19.6 Å². The molecule has 0 unspecified atom stereocenters. The highest BCUT2D eigenvalue weighted by molar-refractivity contribution is 6.00. The number of benzene rings is 2. The molecule has 0 radical (unpaired) electrons. The predicted octanol–water partition coefficient (Wildman–Crippen LogP) is 4.62. The summed E-state index contributed by atoms with van der Waals surface area (Å²) in [6.45, 7) is 4.25. The van der Waals surface area contributed by atoms with Crippen molar-refractivity contribution in [1.29, 1.82) is 0 Å². The smallest absolute Gasteiger partial charge is 0.226 e. The van der Waals surface area contributed by atoms with Gasteiger partial charge in [-0.05, 0) is 41.7 Å². The zero-order valence-corrected chi connectivity index (χ0v) is 18.7. The van der Waals surface area contributed by atoms with Crippen LogP contribution in [0.2, 0.25) is 0 Å². The molecule has 2 aliphatic rings. The second-order valence-electron chi connectivity index (χ2n) is 9.04. The van der Waals surface area contributed by atoms with Crippen LogP contribution in [0.5, 0.6) is 11.5 Å². The van der Waals surface area contributed by atoms with Gasteiger partial charge in [-0.3, -0.25) is 4.79 Å². The van der Waals surface area contributed by atoms with Crippen LogP contribution in [0, 0.1) is 5.41 Å². The van der Waals surface area contributed by atoms with Gasteiger partial charge in [0.1, 0.15) is 17.5 Å². The number of aromatic nitrogens is 3. The molecular formula is C25H26N4O3. The average molecular weight is 431 g/mol. The molecule has 1 aromatic heterocycles. The fourth-order valence-corrected chi connectivity index (χ4v) is 4.65. The van der Waals surface area contributed by atoms with Crippen LogP contribution in [-0.4, -0.2) is 34.8 Å². The fraction of sp³-hybridized carbons (Fsp3) is 0.320. The SMILES string of the molecule is COc1ccc([C@H]2C3=C(CC(C)(C)CC3=O)Nc3nc(-c4ccccc4OC)nn32)cc1. The van der Waals surface area contributed by atoms with Crippen molar-refractivity contribution in [2.45, 2.75) is 32.7 Å². The standard InChI is InChI=1S/C25H26N4O3/c1-25(2)13-18-21(19(30)14-25)22(15-9-11-16(31-3)12-10-15)29-24(26-18)27-23(28-29)17-7-5-6-8-20(17)32-4/h5-12,22H,13-14H2,1-4H3,(H,26,27,28)/t22-/m0/s1. The third kappa shape index (κ3) is 3.34. The van der Waals surface area contributed by atoms with E-state index in [9.17, 15) is 4.79 Å². The molecular weight excluding hydrogens is 404 g/mol. The van der Waals surface area contributed by atoms with Gasteiger partial charge in [-0.2, -0.15) is 4.98 Å². The molecule has 7 heteroatoms. The van der Waals surface area contributed by atoms with E-state index in [1.54, 1.807) is 14.2 Å². The van der Waals surface area contributed by atoms with Crippen molar-refractivity contribution in [1.82, 2.24) is 14.8 Å². The number of carbonyl (C=O) groups is 1. The molecule has 0 fully saturated rings. The van der Waals surface area contributed by atoms with Gasteiger partial charge < -0.3 is 14.8 Å². The van der Waals surface area contributed by atoms with Gasteiger partial charge in [0.25, 0.3) is 0 Å². The monoisotopic (exact) mass is 430 g/mol. The molecule has 7 nitrogen and oxygen atoms in total. The van der Waals surface area contributed by atoms with Gasteiger partial charge in [0, 0.05) is 17.7 Å². The van der Waals surface area contributed by atoms with Gasteiger partial charge in [-0.15, -0.1) is 5.10 Å². The highest BCUT2D eigenvalue weighted by atomic mass is 16.5. The third-order valence-electron chi connectivity index (χ3n) is 6.11. The Hall–Kier alpha value is -3.61. The predicted molar refractivity (Wildman–Crippen MR) is 122 cm³/mol. The topological polar surface area (TPSA) is 78.3 Å². The molecule has 2 heterocycles. The molecule has 5 rings (SSSR count). The second kappa shape index (κ2) is 7.51. The number of allylic oxidation sites excluding steroid dienone is 2. The first-order valence-corrected chi connectivity index (χ1v) is 10.7. The lowest BCUT2D eigenvalue weighted by Crippen LogP contribution is -2.36. The average Bonchev–Trinajstić information content (AvgIpc) is 3.20. The van der Waals surface area contributed by atoms with E-state index in [1.807, 2.05) is 53.2 Å². The number of methoxy groups -OCH3 is 2. The maximum absolute atomic E-state index is 13.3. The minimum Gasteiger partial charge on any atom is -0.497 e. The maximum Gasteiger partial charge on any atom is 0.226 e. The molecule has 32 heavy (non-hydrogen) atoms. The van der Waals surface area contributed by atoms with Gasteiger partial charge in [0.15, 0.2) is 11.6 Å². The van der Waals surface area contributed by atoms with Gasteiger partial charge >= 0.3 is 0 Å². The molecule has 0 spiro atoms. The number of nitrogens with one attached hydrogen (secondary N) is 1. The summed E-state index contributed by atoms with van der Waals surface area (Å²) >= 11 is 0. The number of para-hydroxylation sites is 1. The number of rotatable bonds is 4. The van der Waals surface area contributed by atoms with Gasteiger partial charge in [-0.1, -0.05) is 38.1 Å². The van der Waals surface area contributed by atoms with Crippen molar-refractivity contribution in [3.05, 3.63) is 65.4 Å². The summed E-state index contributed by atoms with van der Waals surface area (Å²) in [5, 5.41) is 8.25. The lowest BCUT2D eigenvalue weighted by Gasteiger charge is -2.38. The first-order valence-electron chi connectivity index (χ1n) is 10.7. The van der Waals surface area contributed by atoms with Crippen molar-refractivity contribution < 1.29 is 14.3 Å². The van der Waals surface area contributed by atoms with Crippen LogP contribution in [0.15, 0.2) is 59.8 Å². The Kier molecular flexibility index (Phi) is 4.77. The molecule has 2 aromatic carbocycles. The molecule has 1 aliphatic heterocycles. The Balaban J connectivity index is 1.68. The quantitative estimate of drug-likeness (QED) is 0.651. The molecule has 0 bridgehead atoms. The minimum absolute atomic E-state index is 0.110. The number of carbonyl (C=O) groups excluding carboxylic acids is 1. The van der Waals surface area contributed by atoms with Crippen molar-refractivity contribution in [2.75, 3.05) is 19.5 Å². The van der Waals surface area contributed by atoms with Crippen LogP contribution in [0.1, 0.15) is 38.3 Å². The molecule has 1 N–H and O–H groups in total. The second-order valence-corrected chi connectivity index (χ2v) is 9.04. The Labute approximate surface area is 187 Å². The van der Waals surface area contributed by atoms with E-state index in [0.29, 0.717) is 23.9 Å². The summed E-state index contributed by atoms with van der Waals surface area (Å²) in [6.07, 6.45) is 1.28. The Morgan fingerprint density at radius 1 is 1.03 bits per heavy atom. The zero-order chi connectivity index (χ0) is 22.5. The summed E-state index contributed by atoms with van der Waals surface area (Å²) < 4.78 is 12.7. The number of hydrogen-bond acceptors (Lipinski definition) is 6. The number of anilines is 1. The summed E-state index contributed by atoms with van der Waals surface area (Å²) in [5.74, 6) is 2.78. The van der Waals surface area contributed by atoms with E-state index >= 15 is 0 Å². The van der Waals surface area contributed by atoms with Crippen LogP contribution >= 0.6 is 0 Å². The molecule has 1 aliphatic carbocycles. The van der Waals surface area contributed by atoms with Crippen molar-refractivity contribution in [2.24, 2.45) is 5.41 Å². The molecule has 164 valence electrons. The number of fused-ring (bicyclic) bond motifs is 1. The van der Waals surface area contributed by atoms with E-state index in [1.165, 1.54) is 0 Å². The number of nitrogens with zero attached hydrogens (tertiary/aromatic N) is 3. The highest BCUT2D eigenvalue weighted by Gasteiger charge is 2.42. The van der Waals surface area contributed by atoms with Crippen LogP contribution < -0.4 is 14.8 Å². The maximum atomic E-state index is 13.3. The van der Waals surface area contributed by atoms with E-state index in [2.05, 4.69) is 19.2 Å². The lowest BCUT2D eigenvalue weighted by molar-refractivity contribution is -0.118. The Morgan fingerprint density at radius 2 is 1.78 bits per heavy atom. The number of hydrogen-bond donors (Lipinski definition) is 1. The number of Topliss-reactive ketones (excluding diaryl/α,β-unsaturated/α-hetero) is 1. The summed E-state index contributed by atoms with van der Waals surface area (Å²) in [7, 11) is 3.27. The van der Waals surface area contributed by atoms with Crippen molar-refractivity contribution in [3.63, 3.8) is 0 Å². The Bertz CT molecular complexity index is 1220. The Morgan fingerprint density at radius 3 is 2.50 bits per heavy atom. The molecule has 0 saturated carbocycles. The van der Waals surface area contributed by atoms with Gasteiger partial charge in [0.05, 0.1) is 19.8 Å². The van der Waals surface area contributed by atoms with E-state index < -0.39 is 0 Å². The normalized spacial score (nSPS) is 19.1. The highest BCUT2D eigenvalue weighted by Crippen LogP contribution is 2.46. The number of ketones is 1. The summed E-state index contributed by atoms with van der Waals surface area (Å²) in [5.41, 5.74) is 3.35. The molecule has 0 saturated heterocycles. The van der Waals surface area contributed by atoms with Gasteiger partial charge in [-0.25, -0.2) is 4.68 Å². The third-order valence-corrected chi connectivity index (χ3v) is 6.11. The van der Waals surface area contributed by atoms with Crippen LogP contribution in [0.3, 0.4) is 0 Å².